The average molecular weight is 384 g/mol. The van der Waals surface area contributed by atoms with Crippen LogP contribution < -0.4 is 0 Å². The van der Waals surface area contributed by atoms with Crippen molar-refractivity contribution in [2.45, 2.75) is 50.1 Å². The second kappa shape index (κ2) is 8.09. The highest BCUT2D eigenvalue weighted by molar-refractivity contribution is 7.97. The fourth-order valence-corrected chi connectivity index (χ4v) is 4.09. The third kappa shape index (κ3) is 4.29. The van der Waals surface area contributed by atoms with E-state index in [2.05, 4.69) is 0 Å². The summed E-state index contributed by atoms with van der Waals surface area (Å²) >= 11 is 1.59. The summed E-state index contributed by atoms with van der Waals surface area (Å²) in [7, 11) is 0. The molecular formula is C20H23F3O2S. The maximum Gasteiger partial charge on any atom is 0.416 e. The molecule has 26 heavy (non-hydrogen) atoms. The van der Waals surface area contributed by atoms with E-state index in [1.165, 1.54) is 18.6 Å². The van der Waals surface area contributed by atoms with Crippen molar-refractivity contribution in [3.05, 3.63) is 47.2 Å². The maximum absolute atomic E-state index is 12.7. The average Bonchev–Trinajstić information content (AvgIpc) is 3.05. The normalized spacial score (nSPS) is 17.4. The largest absolute Gasteiger partial charge is 0.460 e. The lowest BCUT2D eigenvalue weighted by atomic mass is 9.83. The topological polar surface area (TPSA) is 33.4 Å². The minimum absolute atomic E-state index is 0.224. The molecule has 1 heterocycles. The van der Waals surface area contributed by atoms with Crippen LogP contribution in [0.25, 0.3) is 11.3 Å². The molecular weight excluding hydrogens is 361 g/mol. The fraction of sp³-hybridized carbons (Fsp3) is 0.500. The number of alkyl halides is 3. The molecule has 1 aromatic heterocycles. The Labute approximate surface area is 155 Å². The van der Waals surface area contributed by atoms with Gasteiger partial charge in [0.05, 0.1) is 17.4 Å². The molecule has 3 rings (SSSR count). The summed E-state index contributed by atoms with van der Waals surface area (Å²) in [6.45, 7) is 0. The van der Waals surface area contributed by atoms with Gasteiger partial charge in [0, 0.05) is 11.1 Å². The van der Waals surface area contributed by atoms with Crippen molar-refractivity contribution in [1.82, 2.24) is 0 Å². The summed E-state index contributed by atoms with van der Waals surface area (Å²) in [6.07, 6.45) is 2.49. The molecule has 0 spiro atoms. The minimum atomic E-state index is -4.35. The van der Waals surface area contributed by atoms with E-state index in [1.54, 1.807) is 17.8 Å². The Balaban J connectivity index is 1.88. The van der Waals surface area contributed by atoms with E-state index >= 15 is 0 Å². The third-order valence-corrected chi connectivity index (χ3v) is 5.58. The van der Waals surface area contributed by atoms with Gasteiger partial charge < -0.3 is 9.52 Å². The lowest BCUT2D eigenvalue weighted by Crippen LogP contribution is -2.16. The molecule has 1 aliphatic carbocycles. The first-order valence-corrected chi connectivity index (χ1v) is 10.3. The first-order valence-electron chi connectivity index (χ1n) is 8.87. The predicted octanol–water partition coefficient (Wildman–Crippen LogP) is 6.44. The van der Waals surface area contributed by atoms with Crippen LogP contribution in [0.5, 0.6) is 0 Å². The molecule has 142 valence electrons. The van der Waals surface area contributed by atoms with E-state index in [4.69, 9.17) is 4.42 Å². The Morgan fingerprint density at radius 3 is 2.38 bits per heavy atom. The van der Waals surface area contributed by atoms with Crippen LogP contribution in [-0.2, 0) is 11.9 Å². The van der Waals surface area contributed by atoms with Crippen LogP contribution in [0.15, 0.2) is 34.7 Å². The van der Waals surface area contributed by atoms with Gasteiger partial charge in [-0.1, -0.05) is 31.4 Å². The molecule has 1 N–H and O–H groups in total. The van der Waals surface area contributed by atoms with Crippen LogP contribution in [0.3, 0.4) is 0 Å². The van der Waals surface area contributed by atoms with Crippen LogP contribution >= 0.6 is 11.8 Å². The number of halogens is 3. The quantitative estimate of drug-likeness (QED) is 0.644. The van der Waals surface area contributed by atoms with Crippen LogP contribution in [0.4, 0.5) is 13.2 Å². The standard InChI is InChI=1S/C20H23F3O2S/c1-26-12-18-16(19(24)14-5-3-2-4-6-14)11-17(25-18)13-7-9-15(10-8-13)20(21,22)23/h7-11,14,19,24H,2-6,12H2,1H3. The van der Waals surface area contributed by atoms with Gasteiger partial charge in [-0.05, 0) is 43.2 Å². The van der Waals surface area contributed by atoms with Crippen LogP contribution in [-0.4, -0.2) is 11.4 Å². The Bertz CT molecular complexity index is 716. The van der Waals surface area contributed by atoms with Gasteiger partial charge in [0.25, 0.3) is 0 Å². The molecule has 1 fully saturated rings. The van der Waals surface area contributed by atoms with Gasteiger partial charge in [-0.15, -0.1) is 0 Å². The van der Waals surface area contributed by atoms with Crippen LogP contribution in [0, 0.1) is 5.92 Å². The van der Waals surface area contributed by atoms with Gasteiger partial charge in [-0.2, -0.15) is 24.9 Å². The molecule has 0 amide bonds. The molecule has 2 aromatic rings. The zero-order valence-electron chi connectivity index (χ0n) is 14.7. The first kappa shape index (κ1) is 19.4. The zero-order valence-corrected chi connectivity index (χ0v) is 15.5. The van der Waals surface area contributed by atoms with Crippen LogP contribution in [0.1, 0.15) is 55.1 Å². The van der Waals surface area contributed by atoms with Gasteiger partial charge >= 0.3 is 6.18 Å². The van der Waals surface area contributed by atoms with Gasteiger partial charge in [-0.25, -0.2) is 0 Å². The van der Waals surface area contributed by atoms with Crippen molar-refractivity contribution in [1.29, 1.82) is 0 Å². The van der Waals surface area contributed by atoms with E-state index < -0.39 is 17.8 Å². The molecule has 1 aromatic carbocycles. The molecule has 0 saturated heterocycles. The second-order valence-corrected chi connectivity index (χ2v) is 7.71. The lowest BCUT2D eigenvalue weighted by molar-refractivity contribution is -0.137. The molecule has 1 atom stereocenters. The zero-order chi connectivity index (χ0) is 18.7. The number of thioether (sulfide) groups is 1. The Morgan fingerprint density at radius 2 is 1.81 bits per heavy atom. The van der Waals surface area contributed by atoms with Gasteiger partial charge in [0.15, 0.2) is 0 Å². The van der Waals surface area contributed by atoms with Crippen LogP contribution in [0.2, 0.25) is 0 Å². The summed E-state index contributed by atoms with van der Waals surface area (Å²) in [5.74, 6) is 2.07. The molecule has 1 aliphatic rings. The monoisotopic (exact) mass is 384 g/mol. The SMILES string of the molecule is CSCc1oc(-c2ccc(C(F)(F)F)cc2)cc1C(O)C1CCCCC1. The van der Waals surface area contributed by atoms with E-state index in [9.17, 15) is 18.3 Å². The molecule has 0 bridgehead atoms. The molecule has 6 heteroatoms. The van der Waals surface area contributed by atoms with Crippen molar-refractivity contribution in [3.8, 4) is 11.3 Å². The predicted molar refractivity (Wildman–Crippen MR) is 97.9 cm³/mol. The summed E-state index contributed by atoms with van der Waals surface area (Å²) < 4.78 is 44.1. The van der Waals surface area contributed by atoms with E-state index in [-0.39, 0.29) is 5.92 Å². The number of hydrogen-bond donors (Lipinski definition) is 1. The summed E-state index contributed by atoms with van der Waals surface area (Å²) in [5, 5.41) is 10.8. The highest BCUT2D eigenvalue weighted by atomic mass is 32.2. The van der Waals surface area contributed by atoms with Crippen molar-refractivity contribution in [3.63, 3.8) is 0 Å². The summed E-state index contributed by atoms with van der Waals surface area (Å²) in [5.41, 5.74) is 0.684. The van der Waals surface area contributed by atoms with E-state index in [0.717, 1.165) is 43.4 Å². The molecule has 1 saturated carbocycles. The Kier molecular flexibility index (Phi) is 6.03. The highest BCUT2D eigenvalue weighted by Crippen LogP contribution is 2.39. The second-order valence-electron chi connectivity index (χ2n) is 6.84. The van der Waals surface area contributed by atoms with E-state index in [0.29, 0.717) is 22.8 Å². The molecule has 0 aliphatic heterocycles. The first-order chi connectivity index (χ1) is 12.4. The highest BCUT2D eigenvalue weighted by Gasteiger charge is 2.31. The Morgan fingerprint density at radius 1 is 1.15 bits per heavy atom. The summed E-state index contributed by atoms with van der Waals surface area (Å²) in [4.78, 5) is 0. The van der Waals surface area contributed by atoms with Crippen molar-refractivity contribution in [2.75, 3.05) is 6.26 Å². The van der Waals surface area contributed by atoms with Gasteiger partial charge in [-0.3, -0.25) is 0 Å². The molecule has 0 radical (unpaired) electrons. The number of aliphatic hydroxyl groups is 1. The minimum Gasteiger partial charge on any atom is -0.460 e. The number of rotatable bonds is 5. The number of furan rings is 1. The van der Waals surface area contributed by atoms with E-state index in [1.807, 2.05) is 6.26 Å². The van der Waals surface area contributed by atoms with Gasteiger partial charge in [0.1, 0.15) is 11.5 Å². The van der Waals surface area contributed by atoms with Crippen molar-refractivity contribution >= 4 is 11.8 Å². The Hall–Kier alpha value is -1.40. The molecule has 1 unspecified atom stereocenters. The van der Waals surface area contributed by atoms with Crippen molar-refractivity contribution < 1.29 is 22.7 Å². The molecule has 2 nitrogen and oxygen atoms in total. The number of benzene rings is 1. The smallest absolute Gasteiger partial charge is 0.416 e. The van der Waals surface area contributed by atoms with Gasteiger partial charge in [0.2, 0.25) is 0 Å². The summed E-state index contributed by atoms with van der Waals surface area (Å²) in [6, 6.07) is 6.75. The lowest BCUT2D eigenvalue weighted by Gasteiger charge is -2.26. The third-order valence-electron chi connectivity index (χ3n) is 5.03. The number of aliphatic hydroxyl groups excluding tert-OH is 1. The fourth-order valence-electron chi connectivity index (χ4n) is 3.61. The maximum atomic E-state index is 12.7. The van der Waals surface area contributed by atoms with Crippen molar-refractivity contribution in [2.24, 2.45) is 5.92 Å². The number of hydrogen-bond acceptors (Lipinski definition) is 3.